The van der Waals surface area contributed by atoms with E-state index in [1.54, 1.807) is 0 Å². The summed E-state index contributed by atoms with van der Waals surface area (Å²) in [7, 11) is 0. The van der Waals surface area contributed by atoms with Crippen molar-refractivity contribution >= 4 is 0 Å². The second kappa shape index (κ2) is 6.78. The molecule has 0 heterocycles. The van der Waals surface area contributed by atoms with Crippen molar-refractivity contribution < 1.29 is 0 Å². The summed E-state index contributed by atoms with van der Waals surface area (Å²) >= 11 is 0. The molecule has 0 rings (SSSR count). The van der Waals surface area contributed by atoms with E-state index in [-0.39, 0.29) is 5.54 Å². The van der Waals surface area contributed by atoms with Gasteiger partial charge in [-0.3, -0.25) is 0 Å². The standard InChI is InChI=1S/C16H35N/c1-9-13(3)11-14(10-2)17-16(7,8)12-15(4,5)6/h13-14,17H,9-12H2,1-8H3. The zero-order valence-electron chi connectivity index (χ0n) is 13.5. The maximum absolute atomic E-state index is 3.86. The highest BCUT2D eigenvalue weighted by Gasteiger charge is 2.27. The Hall–Kier alpha value is -0.0400. The van der Waals surface area contributed by atoms with Crippen LogP contribution < -0.4 is 5.32 Å². The molecule has 0 spiro atoms. The van der Waals surface area contributed by atoms with Crippen LogP contribution in [0.2, 0.25) is 0 Å². The van der Waals surface area contributed by atoms with E-state index < -0.39 is 0 Å². The summed E-state index contributed by atoms with van der Waals surface area (Å²) in [5, 5.41) is 3.86. The summed E-state index contributed by atoms with van der Waals surface area (Å²) in [6, 6.07) is 0.669. The fraction of sp³-hybridized carbons (Fsp3) is 1.00. The van der Waals surface area contributed by atoms with E-state index in [1.807, 2.05) is 0 Å². The number of nitrogens with one attached hydrogen (secondary N) is 1. The molecule has 0 amide bonds. The van der Waals surface area contributed by atoms with Gasteiger partial charge < -0.3 is 5.32 Å². The van der Waals surface area contributed by atoms with E-state index in [2.05, 4.69) is 60.7 Å². The molecule has 0 aromatic carbocycles. The molecule has 17 heavy (non-hydrogen) atoms. The van der Waals surface area contributed by atoms with Gasteiger partial charge >= 0.3 is 0 Å². The summed E-state index contributed by atoms with van der Waals surface area (Å²) < 4.78 is 0. The monoisotopic (exact) mass is 241 g/mol. The van der Waals surface area contributed by atoms with Gasteiger partial charge in [0.15, 0.2) is 0 Å². The average molecular weight is 241 g/mol. The molecule has 1 N–H and O–H groups in total. The largest absolute Gasteiger partial charge is 0.309 e. The molecule has 0 saturated carbocycles. The average Bonchev–Trinajstić information content (AvgIpc) is 2.12. The van der Waals surface area contributed by atoms with Gasteiger partial charge in [0.2, 0.25) is 0 Å². The SMILES string of the molecule is CCC(C)CC(CC)NC(C)(C)CC(C)(C)C. The molecular formula is C16H35N. The molecular weight excluding hydrogens is 206 g/mol. The van der Waals surface area contributed by atoms with E-state index in [4.69, 9.17) is 0 Å². The molecule has 104 valence electrons. The molecule has 0 bridgehead atoms. The van der Waals surface area contributed by atoms with Crippen molar-refractivity contribution in [2.75, 3.05) is 0 Å². The van der Waals surface area contributed by atoms with Gasteiger partial charge in [-0.1, -0.05) is 48.0 Å². The third-order valence-corrected chi connectivity index (χ3v) is 3.44. The molecule has 1 heteroatoms. The van der Waals surface area contributed by atoms with Crippen LogP contribution in [0.1, 0.15) is 81.1 Å². The van der Waals surface area contributed by atoms with Crippen molar-refractivity contribution in [3.63, 3.8) is 0 Å². The Morgan fingerprint density at radius 3 is 1.82 bits per heavy atom. The molecule has 0 radical (unpaired) electrons. The van der Waals surface area contributed by atoms with Gasteiger partial charge in [-0.15, -0.1) is 0 Å². The Morgan fingerprint density at radius 2 is 1.47 bits per heavy atom. The van der Waals surface area contributed by atoms with E-state index in [1.165, 1.54) is 25.7 Å². The van der Waals surface area contributed by atoms with E-state index in [0.29, 0.717) is 11.5 Å². The van der Waals surface area contributed by atoms with Crippen LogP contribution in [0.25, 0.3) is 0 Å². The number of hydrogen-bond donors (Lipinski definition) is 1. The zero-order chi connectivity index (χ0) is 13.7. The predicted octanol–water partition coefficient (Wildman–Crippen LogP) is 5.01. The summed E-state index contributed by atoms with van der Waals surface area (Å²) in [5.74, 6) is 0.831. The highest BCUT2D eigenvalue weighted by molar-refractivity contribution is 4.86. The quantitative estimate of drug-likeness (QED) is 0.661. The molecule has 0 aliphatic carbocycles. The Morgan fingerprint density at radius 1 is 0.941 bits per heavy atom. The lowest BCUT2D eigenvalue weighted by molar-refractivity contribution is 0.208. The second-order valence-electron chi connectivity index (χ2n) is 7.62. The van der Waals surface area contributed by atoms with Gasteiger partial charge in [0.1, 0.15) is 0 Å². The molecule has 2 atom stereocenters. The lowest BCUT2D eigenvalue weighted by atomic mass is 9.81. The second-order valence-corrected chi connectivity index (χ2v) is 7.62. The van der Waals surface area contributed by atoms with Gasteiger partial charge in [0, 0.05) is 11.6 Å². The Kier molecular flexibility index (Phi) is 6.76. The molecule has 0 aliphatic rings. The molecule has 2 unspecified atom stereocenters. The van der Waals surface area contributed by atoms with E-state index in [9.17, 15) is 0 Å². The Bertz CT molecular complexity index is 200. The summed E-state index contributed by atoms with van der Waals surface area (Å²) in [4.78, 5) is 0. The maximum atomic E-state index is 3.86. The maximum Gasteiger partial charge on any atom is 0.0132 e. The van der Waals surface area contributed by atoms with Crippen molar-refractivity contribution in [2.24, 2.45) is 11.3 Å². The Labute approximate surface area is 110 Å². The highest BCUT2D eigenvalue weighted by atomic mass is 15.0. The van der Waals surface area contributed by atoms with Crippen molar-refractivity contribution in [1.29, 1.82) is 0 Å². The molecule has 0 aromatic heterocycles. The first-order valence-corrected chi connectivity index (χ1v) is 7.37. The van der Waals surface area contributed by atoms with Crippen LogP contribution in [0.15, 0.2) is 0 Å². The summed E-state index contributed by atoms with van der Waals surface area (Å²) in [6.45, 7) is 18.6. The van der Waals surface area contributed by atoms with Gasteiger partial charge in [-0.05, 0) is 44.4 Å². The van der Waals surface area contributed by atoms with Crippen LogP contribution in [0.4, 0.5) is 0 Å². The number of rotatable bonds is 7. The molecule has 0 fully saturated rings. The van der Waals surface area contributed by atoms with Crippen LogP contribution >= 0.6 is 0 Å². The van der Waals surface area contributed by atoms with Crippen LogP contribution in [-0.2, 0) is 0 Å². The Balaban J connectivity index is 4.34. The third kappa shape index (κ3) is 8.65. The minimum absolute atomic E-state index is 0.242. The van der Waals surface area contributed by atoms with Gasteiger partial charge in [0.05, 0.1) is 0 Å². The fourth-order valence-electron chi connectivity index (χ4n) is 2.91. The van der Waals surface area contributed by atoms with Crippen molar-refractivity contribution in [3.05, 3.63) is 0 Å². The highest BCUT2D eigenvalue weighted by Crippen LogP contribution is 2.28. The van der Waals surface area contributed by atoms with Crippen molar-refractivity contribution in [2.45, 2.75) is 92.7 Å². The van der Waals surface area contributed by atoms with E-state index in [0.717, 1.165) is 5.92 Å². The van der Waals surface area contributed by atoms with Gasteiger partial charge in [-0.2, -0.15) is 0 Å². The normalized spacial score (nSPS) is 16.9. The van der Waals surface area contributed by atoms with Gasteiger partial charge in [0.25, 0.3) is 0 Å². The van der Waals surface area contributed by atoms with Crippen LogP contribution in [0.5, 0.6) is 0 Å². The molecule has 0 aromatic rings. The fourth-order valence-corrected chi connectivity index (χ4v) is 2.91. The van der Waals surface area contributed by atoms with Crippen molar-refractivity contribution in [3.8, 4) is 0 Å². The first kappa shape index (κ1) is 17.0. The number of hydrogen-bond acceptors (Lipinski definition) is 1. The topological polar surface area (TPSA) is 12.0 Å². The summed E-state index contributed by atoms with van der Waals surface area (Å²) in [5.41, 5.74) is 0.636. The van der Waals surface area contributed by atoms with Crippen LogP contribution in [0.3, 0.4) is 0 Å². The van der Waals surface area contributed by atoms with Gasteiger partial charge in [-0.25, -0.2) is 0 Å². The molecule has 0 aliphatic heterocycles. The van der Waals surface area contributed by atoms with Crippen LogP contribution in [-0.4, -0.2) is 11.6 Å². The first-order valence-electron chi connectivity index (χ1n) is 7.37. The molecule has 0 saturated heterocycles. The summed E-state index contributed by atoms with van der Waals surface area (Å²) in [6.07, 6.45) is 5.05. The third-order valence-electron chi connectivity index (χ3n) is 3.44. The minimum Gasteiger partial charge on any atom is -0.309 e. The lowest BCUT2D eigenvalue weighted by Crippen LogP contribution is -2.48. The van der Waals surface area contributed by atoms with Crippen LogP contribution in [0, 0.1) is 11.3 Å². The van der Waals surface area contributed by atoms with E-state index >= 15 is 0 Å². The first-order chi connectivity index (χ1) is 7.59. The van der Waals surface area contributed by atoms with Crippen molar-refractivity contribution in [1.82, 2.24) is 5.32 Å². The lowest BCUT2D eigenvalue weighted by Gasteiger charge is -2.37. The smallest absolute Gasteiger partial charge is 0.0132 e. The predicted molar refractivity (Wildman–Crippen MR) is 79.4 cm³/mol. The minimum atomic E-state index is 0.242. The molecule has 1 nitrogen and oxygen atoms in total. The zero-order valence-corrected chi connectivity index (χ0v) is 13.5.